The lowest BCUT2D eigenvalue weighted by Gasteiger charge is -2.30. The lowest BCUT2D eigenvalue weighted by Crippen LogP contribution is -2.40. The molecule has 2 heterocycles. The van der Waals surface area contributed by atoms with Crippen LogP contribution in [0.25, 0.3) is 0 Å². The number of hydrogen-bond acceptors (Lipinski definition) is 3. The van der Waals surface area contributed by atoms with Gasteiger partial charge in [0.1, 0.15) is 5.82 Å². The standard InChI is InChI=1S/C28H26ClN3O/c1-20-30-26-16-17-31(18-21-12-14-24(29)15-13-21)19-25(26)28(33)32(20)27(22-8-4-2-5-9-22)23-10-6-3-7-11-23/h2-15,27H,16-19H2,1H3. The average molecular weight is 456 g/mol. The molecule has 0 spiro atoms. The van der Waals surface area contributed by atoms with Gasteiger partial charge in [0, 0.05) is 31.1 Å². The predicted molar refractivity (Wildman–Crippen MR) is 133 cm³/mol. The minimum Gasteiger partial charge on any atom is -0.294 e. The van der Waals surface area contributed by atoms with Gasteiger partial charge in [-0.2, -0.15) is 0 Å². The number of hydrogen-bond donors (Lipinski definition) is 0. The second-order valence-corrected chi connectivity index (χ2v) is 9.01. The average Bonchev–Trinajstić information content (AvgIpc) is 2.85. The minimum atomic E-state index is -0.218. The fraction of sp³-hybridized carbons (Fsp3) is 0.214. The molecule has 0 fully saturated rings. The summed E-state index contributed by atoms with van der Waals surface area (Å²) in [7, 11) is 0. The molecule has 4 nitrogen and oxygen atoms in total. The van der Waals surface area contributed by atoms with Crippen molar-refractivity contribution in [1.29, 1.82) is 0 Å². The Hall–Kier alpha value is -3.21. The Bertz CT molecular complexity index is 1260. The maximum Gasteiger partial charge on any atom is 0.259 e. The van der Waals surface area contributed by atoms with Crippen LogP contribution in [0.4, 0.5) is 0 Å². The highest BCUT2D eigenvalue weighted by atomic mass is 35.5. The van der Waals surface area contributed by atoms with Gasteiger partial charge in [0.05, 0.1) is 17.3 Å². The Morgan fingerprint density at radius 2 is 1.52 bits per heavy atom. The Balaban J connectivity index is 1.55. The first-order chi connectivity index (χ1) is 16.1. The quantitative estimate of drug-likeness (QED) is 0.404. The fourth-order valence-electron chi connectivity index (χ4n) is 4.71. The van der Waals surface area contributed by atoms with Crippen molar-refractivity contribution in [1.82, 2.24) is 14.5 Å². The molecular weight excluding hydrogens is 430 g/mol. The largest absolute Gasteiger partial charge is 0.294 e. The van der Waals surface area contributed by atoms with Gasteiger partial charge < -0.3 is 0 Å². The Morgan fingerprint density at radius 3 is 2.12 bits per heavy atom. The van der Waals surface area contributed by atoms with Crippen LogP contribution in [0.15, 0.2) is 89.7 Å². The molecule has 0 bridgehead atoms. The third-order valence-corrected chi connectivity index (χ3v) is 6.58. The van der Waals surface area contributed by atoms with E-state index in [0.717, 1.165) is 52.7 Å². The first-order valence-electron chi connectivity index (χ1n) is 11.3. The summed E-state index contributed by atoms with van der Waals surface area (Å²) in [6.45, 7) is 4.21. The van der Waals surface area contributed by atoms with Gasteiger partial charge in [0.2, 0.25) is 0 Å². The molecule has 0 N–H and O–H groups in total. The lowest BCUT2D eigenvalue weighted by atomic mass is 9.97. The molecular formula is C28H26ClN3O. The summed E-state index contributed by atoms with van der Waals surface area (Å²) >= 11 is 6.04. The summed E-state index contributed by atoms with van der Waals surface area (Å²) in [5, 5.41) is 0.734. The van der Waals surface area contributed by atoms with Crippen LogP contribution in [0.2, 0.25) is 5.02 Å². The van der Waals surface area contributed by atoms with Crippen molar-refractivity contribution in [2.75, 3.05) is 6.54 Å². The van der Waals surface area contributed by atoms with Gasteiger partial charge >= 0.3 is 0 Å². The molecule has 4 aromatic rings. The van der Waals surface area contributed by atoms with E-state index in [-0.39, 0.29) is 11.6 Å². The molecule has 5 heteroatoms. The highest BCUT2D eigenvalue weighted by Gasteiger charge is 2.26. The van der Waals surface area contributed by atoms with Crippen LogP contribution in [0, 0.1) is 6.92 Å². The van der Waals surface area contributed by atoms with E-state index in [1.54, 1.807) is 0 Å². The molecule has 166 valence electrons. The van der Waals surface area contributed by atoms with Gasteiger partial charge in [-0.05, 0) is 35.7 Å². The molecule has 1 aromatic heterocycles. The molecule has 33 heavy (non-hydrogen) atoms. The number of rotatable bonds is 5. The van der Waals surface area contributed by atoms with E-state index in [9.17, 15) is 4.79 Å². The SMILES string of the molecule is Cc1nc2c(c(=O)n1C(c1ccccc1)c1ccccc1)CN(Cc1ccc(Cl)cc1)CC2. The van der Waals surface area contributed by atoms with E-state index < -0.39 is 0 Å². The molecule has 5 rings (SSSR count). The fourth-order valence-corrected chi connectivity index (χ4v) is 4.84. The number of benzene rings is 3. The second-order valence-electron chi connectivity index (χ2n) is 8.57. The summed E-state index contributed by atoms with van der Waals surface area (Å²) in [6, 6.07) is 28.1. The molecule has 0 radical (unpaired) electrons. The summed E-state index contributed by atoms with van der Waals surface area (Å²) < 4.78 is 1.87. The van der Waals surface area contributed by atoms with Crippen molar-refractivity contribution in [3.8, 4) is 0 Å². The van der Waals surface area contributed by atoms with E-state index in [2.05, 4.69) is 29.2 Å². The normalized spacial score (nSPS) is 13.8. The van der Waals surface area contributed by atoms with Gasteiger partial charge in [-0.25, -0.2) is 4.98 Å². The van der Waals surface area contributed by atoms with Gasteiger partial charge in [-0.15, -0.1) is 0 Å². The number of aromatic nitrogens is 2. The maximum atomic E-state index is 13.9. The van der Waals surface area contributed by atoms with Crippen molar-refractivity contribution in [2.45, 2.75) is 32.5 Å². The van der Waals surface area contributed by atoms with Gasteiger partial charge in [0.15, 0.2) is 0 Å². The van der Waals surface area contributed by atoms with Crippen molar-refractivity contribution >= 4 is 11.6 Å². The van der Waals surface area contributed by atoms with Crippen LogP contribution in [0.5, 0.6) is 0 Å². The third-order valence-electron chi connectivity index (χ3n) is 6.33. The first-order valence-corrected chi connectivity index (χ1v) is 11.7. The van der Waals surface area contributed by atoms with Crippen LogP contribution in [0.1, 0.15) is 39.8 Å². The zero-order valence-electron chi connectivity index (χ0n) is 18.6. The molecule has 0 saturated heterocycles. The van der Waals surface area contributed by atoms with Crippen molar-refractivity contribution < 1.29 is 0 Å². The molecule has 3 aromatic carbocycles. The van der Waals surface area contributed by atoms with Crippen molar-refractivity contribution in [3.63, 3.8) is 0 Å². The van der Waals surface area contributed by atoms with Crippen LogP contribution >= 0.6 is 11.6 Å². The van der Waals surface area contributed by atoms with Crippen LogP contribution < -0.4 is 5.56 Å². The number of fused-ring (bicyclic) bond motifs is 1. The molecule has 1 aliphatic rings. The number of aryl methyl sites for hydroxylation is 1. The Morgan fingerprint density at radius 1 is 0.909 bits per heavy atom. The zero-order valence-corrected chi connectivity index (χ0v) is 19.4. The molecule has 0 amide bonds. The second kappa shape index (κ2) is 9.34. The van der Waals surface area contributed by atoms with E-state index in [1.165, 1.54) is 5.56 Å². The van der Waals surface area contributed by atoms with Crippen LogP contribution in [-0.2, 0) is 19.5 Å². The Labute approximate surface area is 199 Å². The highest BCUT2D eigenvalue weighted by Crippen LogP contribution is 2.27. The predicted octanol–water partition coefficient (Wildman–Crippen LogP) is 5.40. The molecule has 0 saturated carbocycles. The van der Waals surface area contributed by atoms with Gasteiger partial charge in [-0.3, -0.25) is 14.3 Å². The summed E-state index contributed by atoms with van der Waals surface area (Å²) in [5.41, 5.74) is 5.12. The monoisotopic (exact) mass is 455 g/mol. The summed E-state index contributed by atoms with van der Waals surface area (Å²) in [5.74, 6) is 0.752. The smallest absolute Gasteiger partial charge is 0.259 e. The number of halogens is 1. The summed E-state index contributed by atoms with van der Waals surface area (Å²) in [6.07, 6.45) is 0.779. The topological polar surface area (TPSA) is 38.1 Å². The van der Waals surface area contributed by atoms with E-state index >= 15 is 0 Å². The molecule has 0 aliphatic carbocycles. The Kier molecular flexibility index (Phi) is 6.12. The molecule has 0 unspecified atom stereocenters. The van der Waals surface area contributed by atoms with Crippen molar-refractivity contribution in [2.24, 2.45) is 0 Å². The zero-order chi connectivity index (χ0) is 22.8. The van der Waals surface area contributed by atoms with Crippen LogP contribution in [-0.4, -0.2) is 21.0 Å². The van der Waals surface area contributed by atoms with E-state index in [0.29, 0.717) is 6.54 Å². The van der Waals surface area contributed by atoms with Crippen molar-refractivity contribution in [3.05, 3.63) is 134 Å². The first kappa shape index (κ1) is 21.6. The maximum absolute atomic E-state index is 13.9. The highest BCUT2D eigenvalue weighted by molar-refractivity contribution is 6.30. The van der Waals surface area contributed by atoms with E-state index in [4.69, 9.17) is 16.6 Å². The van der Waals surface area contributed by atoms with Crippen LogP contribution in [0.3, 0.4) is 0 Å². The lowest BCUT2D eigenvalue weighted by molar-refractivity contribution is 0.240. The third kappa shape index (κ3) is 4.50. The minimum absolute atomic E-state index is 0.0519. The molecule has 0 atom stereocenters. The van der Waals surface area contributed by atoms with Gasteiger partial charge in [0.25, 0.3) is 5.56 Å². The van der Waals surface area contributed by atoms with Gasteiger partial charge in [-0.1, -0.05) is 84.4 Å². The van der Waals surface area contributed by atoms with E-state index in [1.807, 2.05) is 72.2 Å². The summed E-state index contributed by atoms with van der Waals surface area (Å²) in [4.78, 5) is 21.2. The molecule has 1 aliphatic heterocycles. The number of nitrogens with zero attached hydrogens (tertiary/aromatic N) is 3.